The molecule has 2 atom stereocenters. The highest BCUT2D eigenvalue weighted by Gasteiger charge is 2.42. The molecule has 0 fully saturated rings. The minimum Gasteiger partial charge on any atom is -0.493 e. The maximum absolute atomic E-state index is 14.2. The second kappa shape index (κ2) is 7.25. The van der Waals surface area contributed by atoms with Crippen molar-refractivity contribution in [1.82, 2.24) is 0 Å². The Morgan fingerprint density at radius 2 is 1.85 bits per heavy atom. The molecule has 1 aliphatic heterocycles. The van der Waals surface area contributed by atoms with Crippen LogP contribution in [0.1, 0.15) is 47.1 Å². The van der Waals surface area contributed by atoms with E-state index in [9.17, 15) is 13.6 Å². The second-order valence-corrected chi connectivity index (χ2v) is 7.80. The van der Waals surface area contributed by atoms with Crippen molar-refractivity contribution in [3.05, 3.63) is 35.1 Å². The molecule has 0 N–H and O–H groups in total. The Hall–Kier alpha value is -2.11. The Balaban J connectivity index is 2.64. The van der Waals surface area contributed by atoms with Gasteiger partial charge in [-0.1, -0.05) is 20.8 Å². The molecule has 0 radical (unpaired) electrons. The molecule has 1 unspecified atom stereocenters. The molecular weight excluding hydrogens is 342 g/mol. The Kier molecular flexibility index (Phi) is 5.64. The van der Waals surface area contributed by atoms with Crippen LogP contribution in [0.15, 0.2) is 17.9 Å². The lowest BCUT2D eigenvalue weighted by Crippen LogP contribution is -2.26. The molecule has 4 nitrogen and oxygen atoms in total. The minimum absolute atomic E-state index is 0.0235. The summed E-state index contributed by atoms with van der Waals surface area (Å²) in [5.41, 5.74) is 0.0483. The number of benzene rings is 1. The van der Waals surface area contributed by atoms with E-state index in [-0.39, 0.29) is 29.4 Å². The smallest absolute Gasteiger partial charge is 0.374 e. The summed E-state index contributed by atoms with van der Waals surface area (Å²) >= 11 is 0. The van der Waals surface area contributed by atoms with E-state index < -0.39 is 23.2 Å². The van der Waals surface area contributed by atoms with E-state index in [0.29, 0.717) is 11.1 Å². The van der Waals surface area contributed by atoms with E-state index in [1.807, 2.05) is 20.8 Å². The largest absolute Gasteiger partial charge is 0.493 e. The van der Waals surface area contributed by atoms with Gasteiger partial charge >= 0.3 is 5.97 Å². The molecule has 0 amide bonds. The molecule has 2 rings (SSSR count). The fraction of sp³-hybridized carbons (Fsp3) is 0.550. The van der Waals surface area contributed by atoms with Crippen molar-refractivity contribution in [1.29, 1.82) is 0 Å². The number of rotatable bonds is 4. The van der Waals surface area contributed by atoms with Gasteiger partial charge in [-0.15, -0.1) is 0 Å². The van der Waals surface area contributed by atoms with Gasteiger partial charge in [0, 0.05) is 17.1 Å². The molecule has 0 aliphatic carbocycles. The summed E-state index contributed by atoms with van der Waals surface area (Å²) in [4.78, 5) is 12.7. The second-order valence-electron chi connectivity index (χ2n) is 7.80. The summed E-state index contributed by atoms with van der Waals surface area (Å²) < 4.78 is 44.3. The maximum atomic E-state index is 14.2. The van der Waals surface area contributed by atoms with Gasteiger partial charge in [0.15, 0.2) is 11.6 Å². The Labute approximate surface area is 153 Å². The summed E-state index contributed by atoms with van der Waals surface area (Å²) in [5, 5.41) is 0. The highest BCUT2D eigenvalue weighted by molar-refractivity contribution is 5.98. The molecule has 1 aromatic carbocycles. The van der Waals surface area contributed by atoms with Gasteiger partial charge in [-0.05, 0) is 38.8 Å². The van der Waals surface area contributed by atoms with Crippen LogP contribution in [0, 0.1) is 23.5 Å². The summed E-state index contributed by atoms with van der Waals surface area (Å²) in [7, 11) is 1.26. The Morgan fingerprint density at radius 1 is 1.23 bits per heavy atom. The lowest BCUT2D eigenvalue weighted by molar-refractivity contribution is -0.154. The number of methoxy groups -OCH3 is 1. The van der Waals surface area contributed by atoms with Crippen LogP contribution < -0.4 is 4.74 Å². The van der Waals surface area contributed by atoms with Crippen LogP contribution in [-0.4, -0.2) is 24.8 Å². The fourth-order valence-electron chi connectivity index (χ4n) is 3.18. The first kappa shape index (κ1) is 20.2. The predicted octanol–water partition coefficient (Wildman–Crippen LogP) is 4.72. The van der Waals surface area contributed by atoms with Gasteiger partial charge in [-0.25, -0.2) is 9.18 Å². The Bertz CT molecular complexity index is 732. The number of halogens is 2. The van der Waals surface area contributed by atoms with E-state index in [4.69, 9.17) is 14.2 Å². The molecule has 6 heteroatoms. The molecular formula is C20H26F2O4. The summed E-state index contributed by atoms with van der Waals surface area (Å²) in [6.45, 7) is 11.1. The van der Waals surface area contributed by atoms with Crippen LogP contribution in [0.3, 0.4) is 0 Å². The normalized spacial score (nSPS) is 20.4. The van der Waals surface area contributed by atoms with E-state index in [1.165, 1.54) is 13.2 Å². The maximum Gasteiger partial charge on any atom is 0.374 e. The number of hydrogen-bond acceptors (Lipinski definition) is 4. The average Bonchev–Trinajstić information content (AvgIpc) is 2.86. The summed E-state index contributed by atoms with van der Waals surface area (Å²) in [6, 6.07) is 2.42. The minimum atomic E-state index is -1.10. The summed E-state index contributed by atoms with van der Waals surface area (Å²) in [6.07, 6.45) is -0.287. The number of esters is 1. The van der Waals surface area contributed by atoms with Crippen molar-refractivity contribution < 1.29 is 27.8 Å². The highest BCUT2D eigenvalue weighted by Crippen LogP contribution is 2.45. The van der Waals surface area contributed by atoms with Gasteiger partial charge in [-0.2, -0.15) is 4.39 Å². The molecule has 0 bridgehead atoms. The number of carbonyl (C=O) groups is 1. The van der Waals surface area contributed by atoms with Crippen molar-refractivity contribution in [2.24, 2.45) is 11.8 Å². The number of carbonyl (C=O) groups excluding carboxylic acids is 1. The lowest BCUT2D eigenvalue weighted by Gasteiger charge is -2.22. The average molecular weight is 368 g/mol. The van der Waals surface area contributed by atoms with Crippen LogP contribution >= 0.6 is 0 Å². The first-order valence-corrected chi connectivity index (χ1v) is 8.64. The lowest BCUT2D eigenvalue weighted by atomic mass is 9.86. The number of hydrogen-bond donors (Lipinski definition) is 0. The molecule has 0 saturated heterocycles. The highest BCUT2D eigenvalue weighted by atomic mass is 19.2. The number of ether oxygens (including phenoxy) is 3. The zero-order chi connectivity index (χ0) is 19.8. The molecule has 1 heterocycles. The fourth-order valence-corrected chi connectivity index (χ4v) is 3.18. The molecule has 1 aliphatic rings. The zero-order valence-corrected chi connectivity index (χ0v) is 16.3. The molecule has 0 aromatic heterocycles. The Morgan fingerprint density at radius 3 is 2.35 bits per heavy atom. The zero-order valence-electron chi connectivity index (χ0n) is 16.3. The topological polar surface area (TPSA) is 44.8 Å². The molecule has 0 saturated carbocycles. The molecule has 26 heavy (non-hydrogen) atoms. The van der Waals surface area contributed by atoms with Crippen LogP contribution in [-0.2, 0) is 14.3 Å². The third-order valence-electron chi connectivity index (χ3n) is 4.23. The van der Waals surface area contributed by atoms with Crippen molar-refractivity contribution in [3.63, 3.8) is 0 Å². The van der Waals surface area contributed by atoms with Gasteiger partial charge in [0.2, 0.25) is 11.6 Å². The van der Waals surface area contributed by atoms with Gasteiger partial charge < -0.3 is 14.2 Å². The van der Waals surface area contributed by atoms with Gasteiger partial charge in [0.25, 0.3) is 0 Å². The van der Waals surface area contributed by atoms with E-state index >= 15 is 0 Å². The molecule has 144 valence electrons. The standard InChI is InChI=1S/C20H26F2O4/c1-10(2)16-11(3)14(18(25-16)19(23)26-20(4,5)6)12-8-9-13(21)15(22)17(12)24-7/h8-11,16H,1-7H3/t11?,16-/m0/s1. The SMILES string of the molecule is COc1c(C2=C(C(=O)OC(C)(C)C)O[C@@H](C(C)C)C2C)ccc(F)c1F. The van der Waals surface area contributed by atoms with Gasteiger partial charge in [0.05, 0.1) is 7.11 Å². The van der Waals surface area contributed by atoms with Crippen LogP contribution in [0.25, 0.3) is 5.57 Å². The van der Waals surface area contributed by atoms with Crippen molar-refractivity contribution in [2.45, 2.75) is 53.2 Å². The summed E-state index contributed by atoms with van der Waals surface area (Å²) in [5.74, 6) is -3.09. The molecule has 0 spiro atoms. The monoisotopic (exact) mass is 368 g/mol. The third-order valence-corrected chi connectivity index (χ3v) is 4.23. The van der Waals surface area contributed by atoms with Crippen LogP contribution in [0.4, 0.5) is 8.78 Å². The van der Waals surface area contributed by atoms with Crippen molar-refractivity contribution in [2.75, 3.05) is 7.11 Å². The van der Waals surface area contributed by atoms with Crippen LogP contribution in [0.5, 0.6) is 5.75 Å². The quantitative estimate of drug-likeness (QED) is 0.722. The molecule has 1 aromatic rings. The van der Waals surface area contributed by atoms with Gasteiger partial charge in [-0.3, -0.25) is 0 Å². The first-order valence-electron chi connectivity index (χ1n) is 8.64. The first-order chi connectivity index (χ1) is 12.0. The van der Waals surface area contributed by atoms with Crippen LogP contribution in [0.2, 0.25) is 0 Å². The van der Waals surface area contributed by atoms with E-state index in [1.54, 1.807) is 20.8 Å². The third kappa shape index (κ3) is 3.84. The van der Waals surface area contributed by atoms with E-state index in [2.05, 4.69) is 0 Å². The predicted molar refractivity (Wildman–Crippen MR) is 94.6 cm³/mol. The van der Waals surface area contributed by atoms with Crippen molar-refractivity contribution in [3.8, 4) is 5.75 Å². The van der Waals surface area contributed by atoms with E-state index in [0.717, 1.165) is 6.07 Å². The van der Waals surface area contributed by atoms with Crippen molar-refractivity contribution >= 4 is 11.5 Å². The van der Waals surface area contributed by atoms with Gasteiger partial charge in [0.1, 0.15) is 11.7 Å².